The second-order valence-corrected chi connectivity index (χ2v) is 18.8. The summed E-state index contributed by atoms with van der Waals surface area (Å²) in [6.45, 7) is 22.6. The van der Waals surface area contributed by atoms with Gasteiger partial charge in [-0.3, -0.25) is 0 Å². The highest BCUT2D eigenvalue weighted by Gasteiger charge is 2.40. The molecule has 0 aliphatic heterocycles. The van der Waals surface area contributed by atoms with E-state index in [4.69, 9.17) is 4.43 Å². The Morgan fingerprint density at radius 2 is 1.50 bits per heavy atom. The van der Waals surface area contributed by atoms with Gasteiger partial charge in [0.25, 0.3) is 8.32 Å². The molecule has 1 heterocycles. The minimum absolute atomic E-state index is 0.138. The van der Waals surface area contributed by atoms with Crippen molar-refractivity contribution in [3.05, 3.63) is 12.3 Å². The normalized spacial score (nSPS) is 13.9. The first-order chi connectivity index (χ1) is 9.66. The summed E-state index contributed by atoms with van der Waals surface area (Å²) < 4.78 is 6.20. The predicted octanol–water partition coefficient (Wildman–Crippen LogP) is 5.28. The average molecular weight is 340 g/mol. The zero-order valence-corrected chi connectivity index (χ0v) is 18.0. The van der Waals surface area contributed by atoms with Crippen LogP contribution >= 0.6 is 0 Å². The highest BCUT2D eigenvalue weighted by atomic mass is 28.4. The fraction of sp³-hybridized carbons (Fsp3) is 0.750. The molecule has 0 spiro atoms. The van der Waals surface area contributed by atoms with Crippen molar-refractivity contribution in [3.8, 4) is 6.01 Å². The van der Waals surface area contributed by atoms with Crippen LogP contribution in [0.25, 0.3) is 0 Å². The molecule has 0 aliphatic rings. The van der Waals surface area contributed by atoms with E-state index in [-0.39, 0.29) is 10.1 Å². The smallest absolute Gasteiger partial charge is 0.304 e. The third-order valence-corrected chi connectivity index (χ3v) is 14.0. The van der Waals surface area contributed by atoms with E-state index in [2.05, 4.69) is 82.7 Å². The zero-order valence-electron chi connectivity index (χ0n) is 16.0. The van der Waals surface area contributed by atoms with Gasteiger partial charge in [-0.25, -0.2) is 4.98 Å². The first kappa shape index (κ1) is 19.2. The van der Waals surface area contributed by atoms with Gasteiger partial charge in [-0.15, -0.1) is 0 Å². The van der Waals surface area contributed by atoms with E-state index in [0.717, 1.165) is 5.82 Å². The number of nitrogens with one attached hydrogen (secondary N) is 1. The first-order valence-electron chi connectivity index (χ1n) is 7.96. The van der Waals surface area contributed by atoms with E-state index in [9.17, 15) is 0 Å². The minimum atomic E-state index is -1.91. The molecule has 126 valence electrons. The van der Waals surface area contributed by atoms with Crippen LogP contribution < -0.4 is 9.41 Å². The number of hydrogen-bond acceptors (Lipinski definition) is 4. The summed E-state index contributed by atoms with van der Waals surface area (Å²) in [5.41, 5.74) is 0. The topological polar surface area (TPSA) is 47.0 Å². The van der Waals surface area contributed by atoms with Crippen LogP contribution in [-0.2, 0) is 0 Å². The van der Waals surface area contributed by atoms with Crippen LogP contribution in [0.5, 0.6) is 6.01 Å². The lowest BCUT2D eigenvalue weighted by Gasteiger charge is -2.38. The number of anilines is 1. The maximum atomic E-state index is 6.20. The molecule has 0 saturated heterocycles. The summed E-state index contributed by atoms with van der Waals surface area (Å²) in [7, 11) is -3.55. The molecule has 0 bridgehead atoms. The van der Waals surface area contributed by atoms with Crippen LogP contribution in [-0.4, -0.2) is 26.5 Å². The van der Waals surface area contributed by atoms with Crippen molar-refractivity contribution < 1.29 is 4.43 Å². The van der Waals surface area contributed by atoms with Crippen molar-refractivity contribution in [3.63, 3.8) is 0 Å². The van der Waals surface area contributed by atoms with E-state index in [1.807, 2.05) is 6.07 Å². The molecule has 22 heavy (non-hydrogen) atoms. The summed E-state index contributed by atoms with van der Waals surface area (Å²) in [4.78, 5) is 12.5. The Morgan fingerprint density at radius 1 is 0.955 bits per heavy atom. The van der Waals surface area contributed by atoms with Gasteiger partial charge < -0.3 is 9.41 Å². The molecule has 0 aliphatic carbocycles. The van der Waals surface area contributed by atoms with Gasteiger partial charge in [-0.1, -0.05) is 54.6 Å². The SMILES string of the molecule is CC(C)(C)[Si](C)(C)Nc1ccnc(O[Si](C)(C)C(C)(C)C)n1. The van der Waals surface area contributed by atoms with Crippen molar-refractivity contribution in [1.82, 2.24) is 9.97 Å². The zero-order chi connectivity index (χ0) is 17.4. The molecule has 0 aromatic carbocycles. The fourth-order valence-electron chi connectivity index (χ4n) is 1.35. The molecule has 0 fully saturated rings. The van der Waals surface area contributed by atoms with Crippen molar-refractivity contribution in [2.45, 2.75) is 77.8 Å². The summed E-state index contributed by atoms with van der Waals surface area (Å²) >= 11 is 0. The molecular weight excluding hydrogens is 306 g/mol. The van der Waals surface area contributed by atoms with Crippen LogP contribution in [0.2, 0.25) is 36.3 Å². The molecule has 4 nitrogen and oxygen atoms in total. The third kappa shape index (κ3) is 4.55. The van der Waals surface area contributed by atoms with Crippen LogP contribution in [0.4, 0.5) is 5.82 Å². The second-order valence-electron chi connectivity index (χ2n) is 9.09. The lowest BCUT2D eigenvalue weighted by molar-refractivity contribution is 0.459. The third-order valence-electron chi connectivity index (χ3n) is 5.10. The molecule has 6 heteroatoms. The maximum Gasteiger partial charge on any atom is 0.304 e. The Hall–Kier alpha value is -0.886. The molecule has 0 saturated carbocycles. The Labute approximate surface area is 138 Å². The Kier molecular flexibility index (Phi) is 5.19. The summed E-state index contributed by atoms with van der Waals surface area (Å²) in [5, 5.41) is 0.387. The number of nitrogens with zero attached hydrogens (tertiary/aromatic N) is 2. The Bertz CT molecular complexity index is 474. The van der Waals surface area contributed by atoms with Crippen molar-refractivity contribution >= 4 is 22.4 Å². The molecular formula is C16H33N3OSi2. The molecule has 1 N–H and O–H groups in total. The van der Waals surface area contributed by atoms with Crippen LogP contribution in [0.15, 0.2) is 12.3 Å². The molecule has 0 radical (unpaired) electrons. The van der Waals surface area contributed by atoms with E-state index in [1.54, 1.807) is 6.20 Å². The summed E-state index contributed by atoms with van der Waals surface area (Å²) in [5.74, 6) is 0.871. The monoisotopic (exact) mass is 339 g/mol. The fourth-order valence-corrected chi connectivity index (χ4v) is 3.36. The largest absolute Gasteiger partial charge is 0.517 e. The summed E-state index contributed by atoms with van der Waals surface area (Å²) in [6, 6.07) is 2.43. The van der Waals surface area contributed by atoms with Crippen molar-refractivity contribution in [2.24, 2.45) is 0 Å². The van der Waals surface area contributed by atoms with Crippen LogP contribution in [0.1, 0.15) is 41.5 Å². The average Bonchev–Trinajstić information content (AvgIpc) is 2.24. The van der Waals surface area contributed by atoms with Gasteiger partial charge in [-0.2, -0.15) is 4.98 Å². The Morgan fingerprint density at radius 3 is 1.95 bits per heavy atom. The quantitative estimate of drug-likeness (QED) is 0.758. The second kappa shape index (κ2) is 5.96. The number of rotatable bonds is 4. The van der Waals surface area contributed by atoms with Gasteiger partial charge in [0, 0.05) is 6.20 Å². The van der Waals surface area contributed by atoms with Crippen molar-refractivity contribution in [1.29, 1.82) is 0 Å². The molecule has 1 rings (SSSR count). The predicted molar refractivity (Wildman–Crippen MR) is 101 cm³/mol. The van der Waals surface area contributed by atoms with E-state index < -0.39 is 16.6 Å². The van der Waals surface area contributed by atoms with E-state index in [1.165, 1.54) is 0 Å². The molecule has 1 aromatic heterocycles. The van der Waals surface area contributed by atoms with Gasteiger partial charge in [0.1, 0.15) is 5.82 Å². The Balaban J connectivity index is 2.97. The highest BCUT2D eigenvalue weighted by Crippen LogP contribution is 2.38. The summed E-state index contributed by atoms with van der Waals surface area (Å²) in [6.07, 6.45) is 1.78. The van der Waals surface area contributed by atoms with Gasteiger partial charge in [0.2, 0.25) is 0 Å². The standard InChI is InChI=1S/C16H33N3OSi2/c1-15(2,3)21(7,8)19-13-11-12-17-14(18-13)20-22(9,10)16(4,5)6/h11-12H,1-10H3,(H,17,18,19). The van der Waals surface area contributed by atoms with E-state index in [0.29, 0.717) is 6.01 Å². The lowest BCUT2D eigenvalue weighted by atomic mass is 10.2. The van der Waals surface area contributed by atoms with E-state index >= 15 is 0 Å². The van der Waals surface area contributed by atoms with Crippen LogP contribution in [0.3, 0.4) is 0 Å². The van der Waals surface area contributed by atoms with Gasteiger partial charge >= 0.3 is 6.01 Å². The molecule has 0 unspecified atom stereocenters. The lowest BCUT2D eigenvalue weighted by Crippen LogP contribution is -2.46. The molecule has 0 atom stereocenters. The highest BCUT2D eigenvalue weighted by molar-refractivity contribution is 6.83. The first-order valence-corrected chi connectivity index (χ1v) is 13.9. The van der Waals surface area contributed by atoms with Gasteiger partial charge in [0.05, 0.1) is 0 Å². The molecule has 0 amide bonds. The van der Waals surface area contributed by atoms with Gasteiger partial charge in [0.15, 0.2) is 8.24 Å². The minimum Gasteiger partial charge on any atom is -0.517 e. The van der Waals surface area contributed by atoms with Crippen LogP contribution in [0, 0.1) is 0 Å². The van der Waals surface area contributed by atoms with Crippen molar-refractivity contribution in [2.75, 3.05) is 4.98 Å². The van der Waals surface area contributed by atoms with Gasteiger partial charge in [-0.05, 0) is 29.2 Å². The maximum absolute atomic E-state index is 6.20. The molecule has 1 aromatic rings. The number of aromatic nitrogens is 2. The number of hydrogen-bond donors (Lipinski definition) is 1.